The first-order chi connectivity index (χ1) is 11.0. The Kier molecular flexibility index (Phi) is 3.33. The highest BCUT2D eigenvalue weighted by Gasteiger charge is 2.41. The summed E-state index contributed by atoms with van der Waals surface area (Å²) in [6.07, 6.45) is 0. The van der Waals surface area contributed by atoms with Crippen molar-refractivity contribution in [3.05, 3.63) is 0 Å². The second kappa shape index (κ2) is 5.15. The maximum atomic E-state index is 9.84. The fourth-order valence-electron chi connectivity index (χ4n) is 2.34. The zero-order valence-corrected chi connectivity index (χ0v) is 13.4. The van der Waals surface area contributed by atoms with Gasteiger partial charge in [-0.1, -0.05) is 0 Å². The van der Waals surface area contributed by atoms with Crippen molar-refractivity contribution in [3.8, 4) is 0 Å². The van der Waals surface area contributed by atoms with Crippen molar-refractivity contribution in [2.24, 2.45) is 0 Å². The van der Waals surface area contributed by atoms with Crippen LogP contribution in [0, 0.1) is 0 Å². The molecule has 3 fully saturated rings. The molecule has 4 rings (SSSR count). The normalized spacial score (nSPS) is 24.5. The molecule has 0 unspecified atom stereocenters. The van der Waals surface area contributed by atoms with Crippen molar-refractivity contribution in [1.82, 2.24) is 15.0 Å². The van der Waals surface area contributed by atoms with Crippen LogP contribution in [0.3, 0.4) is 0 Å². The van der Waals surface area contributed by atoms with Crippen LogP contribution in [0.1, 0.15) is 13.8 Å². The summed E-state index contributed by atoms with van der Waals surface area (Å²) in [4.78, 5) is 17.6. The number of aliphatic hydroxyl groups is 1. The maximum Gasteiger partial charge on any atom is 0.232 e. The SMILES string of the molecule is CC1(C)OCC(CO)(Nc2nc(N3CC3)nc(N3CC3)n2)CO1. The van der Waals surface area contributed by atoms with Crippen molar-refractivity contribution in [3.63, 3.8) is 0 Å². The van der Waals surface area contributed by atoms with Crippen LogP contribution in [0.25, 0.3) is 0 Å². The summed E-state index contributed by atoms with van der Waals surface area (Å²) in [5.74, 6) is 1.16. The summed E-state index contributed by atoms with van der Waals surface area (Å²) < 4.78 is 11.4. The number of aromatic nitrogens is 3. The molecule has 126 valence electrons. The van der Waals surface area contributed by atoms with Crippen LogP contribution in [-0.4, -0.2) is 77.4 Å². The highest BCUT2D eigenvalue weighted by molar-refractivity contribution is 5.51. The Balaban J connectivity index is 1.57. The molecule has 23 heavy (non-hydrogen) atoms. The predicted octanol–water partition coefficient (Wildman–Crippen LogP) is -0.562. The number of rotatable bonds is 5. The van der Waals surface area contributed by atoms with Crippen molar-refractivity contribution >= 4 is 17.8 Å². The fourth-order valence-corrected chi connectivity index (χ4v) is 2.34. The van der Waals surface area contributed by atoms with E-state index in [4.69, 9.17) is 9.47 Å². The minimum atomic E-state index is -0.747. The van der Waals surface area contributed by atoms with Crippen LogP contribution in [0.5, 0.6) is 0 Å². The predicted molar refractivity (Wildman–Crippen MR) is 83.7 cm³/mol. The first-order valence-electron chi connectivity index (χ1n) is 7.92. The molecule has 0 aromatic carbocycles. The summed E-state index contributed by atoms with van der Waals surface area (Å²) in [5, 5.41) is 13.1. The number of aliphatic hydroxyl groups excluding tert-OH is 1. The first kappa shape index (κ1) is 14.9. The van der Waals surface area contributed by atoms with E-state index in [9.17, 15) is 5.11 Å². The van der Waals surface area contributed by atoms with E-state index in [1.54, 1.807) is 0 Å². The van der Waals surface area contributed by atoms with Gasteiger partial charge in [-0.25, -0.2) is 0 Å². The molecule has 3 saturated heterocycles. The molecule has 0 amide bonds. The van der Waals surface area contributed by atoms with E-state index < -0.39 is 11.3 Å². The van der Waals surface area contributed by atoms with Gasteiger partial charge in [-0.3, -0.25) is 0 Å². The Morgan fingerprint density at radius 3 is 1.96 bits per heavy atom. The lowest BCUT2D eigenvalue weighted by atomic mass is 10.0. The van der Waals surface area contributed by atoms with Crippen LogP contribution in [0.2, 0.25) is 0 Å². The molecular weight excluding hydrogens is 300 g/mol. The number of nitrogens with zero attached hydrogens (tertiary/aromatic N) is 5. The third-order valence-corrected chi connectivity index (χ3v) is 4.14. The lowest BCUT2D eigenvalue weighted by molar-refractivity contribution is -0.266. The molecule has 3 aliphatic rings. The van der Waals surface area contributed by atoms with Gasteiger partial charge in [0.05, 0.1) is 19.8 Å². The van der Waals surface area contributed by atoms with Gasteiger partial charge in [0.2, 0.25) is 17.8 Å². The lowest BCUT2D eigenvalue weighted by Gasteiger charge is -2.42. The highest BCUT2D eigenvalue weighted by atomic mass is 16.7. The fraction of sp³-hybridized carbons (Fsp3) is 0.786. The van der Waals surface area contributed by atoms with Gasteiger partial charge in [-0.15, -0.1) is 0 Å². The molecule has 4 heterocycles. The maximum absolute atomic E-state index is 9.84. The van der Waals surface area contributed by atoms with Crippen LogP contribution in [0.4, 0.5) is 17.8 Å². The van der Waals surface area contributed by atoms with Crippen molar-refractivity contribution in [2.75, 3.05) is 61.1 Å². The van der Waals surface area contributed by atoms with Gasteiger partial charge in [0.15, 0.2) is 5.79 Å². The van der Waals surface area contributed by atoms with Crippen LogP contribution >= 0.6 is 0 Å². The lowest BCUT2D eigenvalue weighted by Crippen LogP contribution is -2.58. The molecule has 1 aromatic rings. The van der Waals surface area contributed by atoms with Crippen molar-refractivity contribution in [1.29, 1.82) is 0 Å². The average molecular weight is 322 g/mol. The molecule has 0 spiro atoms. The summed E-state index contributed by atoms with van der Waals surface area (Å²) in [6.45, 7) is 8.08. The summed E-state index contributed by atoms with van der Waals surface area (Å²) >= 11 is 0. The molecule has 2 N–H and O–H groups in total. The molecule has 0 atom stereocenters. The zero-order valence-electron chi connectivity index (χ0n) is 13.4. The molecular formula is C14H22N6O3. The van der Waals surface area contributed by atoms with Gasteiger partial charge < -0.3 is 29.7 Å². The molecule has 3 aliphatic heterocycles. The van der Waals surface area contributed by atoms with Gasteiger partial charge >= 0.3 is 0 Å². The number of anilines is 3. The second-order valence-corrected chi connectivity index (χ2v) is 6.77. The Morgan fingerprint density at radius 2 is 1.52 bits per heavy atom. The van der Waals surface area contributed by atoms with E-state index in [0.717, 1.165) is 26.2 Å². The van der Waals surface area contributed by atoms with E-state index in [2.05, 4.69) is 30.1 Å². The summed E-state index contributed by atoms with van der Waals surface area (Å²) in [5.41, 5.74) is -0.747. The minimum absolute atomic E-state index is 0.132. The number of hydrogen-bond donors (Lipinski definition) is 2. The van der Waals surface area contributed by atoms with Crippen LogP contribution in [0.15, 0.2) is 0 Å². The smallest absolute Gasteiger partial charge is 0.232 e. The minimum Gasteiger partial charge on any atom is -0.394 e. The van der Waals surface area contributed by atoms with Gasteiger partial charge in [0.25, 0.3) is 0 Å². The average Bonchev–Trinajstić information content (AvgIpc) is 3.41. The summed E-state index contributed by atoms with van der Waals surface area (Å²) in [6, 6.07) is 0. The van der Waals surface area contributed by atoms with Crippen molar-refractivity contribution < 1.29 is 14.6 Å². The second-order valence-electron chi connectivity index (χ2n) is 6.77. The standard InChI is InChI=1S/C14H22N6O3/c1-13(2)22-8-14(7-21,9-23-13)18-10-15-11(19-3-4-19)17-12(16-10)20-5-6-20/h21H,3-9H2,1-2H3,(H,15,16,17,18). The Labute approximate surface area is 134 Å². The molecule has 0 radical (unpaired) electrons. The topological polar surface area (TPSA) is 95.4 Å². The first-order valence-corrected chi connectivity index (χ1v) is 7.92. The monoisotopic (exact) mass is 322 g/mol. The highest BCUT2D eigenvalue weighted by Crippen LogP contribution is 2.28. The molecule has 0 aliphatic carbocycles. The Bertz CT molecular complexity index is 562. The zero-order chi connectivity index (χ0) is 16.1. The van der Waals surface area contributed by atoms with E-state index in [-0.39, 0.29) is 6.61 Å². The Morgan fingerprint density at radius 1 is 1.00 bits per heavy atom. The van der Waals surface area contributed by atoms with Gasteiger partial charge in [0.1, 0.15) is 5.54 Å². The van der Waals surface area contributed by atoms with E-state index in [1.165, 1.54) is 0 Å². The van der Waals surface area contributed by atoms with Gasteiger partial charge in [-0.2, -0.15) is 15.0 Å². The van der Waals surface area contributed by atoms with Crippen LogP contribution < -0.4 is 15.1 Å². The molecule has 9 nitrogen and oxygen atoms in total. The molecule has 1 aromatic heterocycles. The molecule has 0 saturated carbocycles. The van der Waals surface area contributed by atoms with E-state index in [0.29, 0.717) is 31.1 Å². The summed E-state index contributed by atoms with van der Waals surface area (Å²) in [7, 11) is 0. The van der Waals surface area contributed by atoms with E-state index in [1.807, 2.05) is 13.8 Å². The number of hydrogen-bond acceptors (Lipinski definition) is 9. The van der Waals surface area contributed by atoms with Gasteiger partial charge in [-0.05, 0) is 13.8 Å². The molecule has 0 bridgehead atoms. The quantitative estimate of drug-likeness (QED) is 0.691. The third-order valence-electron chi connectivity index (χ3n) is 4.14. The number of ether oxygens (including phenoxy) is 2. The number of nitrogens with one attached hydrogen (secondary N) is 1. The Hall–Kier alpha value is -1.71. The third kappa shape index (κ3) is 3.17. The van der Waals surface area contributed by atoms with Crippen molar-refractivity contribution in [2.45, 2.75) is 25.2 Å². The van der Waals surface area contributed by atoms with Gasteiger partial charge in [0, 0.05) is 26.2 Å². The largest absolute Gasteiger partial charge is 0.394 e. The molecule has 9 heteroatoms. The van der Waals surface area contributed by atoms with Crippen LogP contribution in [-0.2, 0) is 9.47 Å². The van der Waals surface area contributed by atoms with E-state index >= 15 is 0 Å².